The van der Waals surface area contributed by atoms with Crippen molar-refractivity contribution in [2.75, 3.05) is 10.5 Å². The Hall–Kier alpha value is -2.23. The van der Waals surface area contributed by atoms with E-state index >= 15 is 0 Å². The zero-order chi connectivity index (χ0) is 18.5. The van der Waals surface area contributed by atoms with Crippen molar-refractivity contribution in [2.24, 2.45) is 7.05 Å². The average molecular weight is 377 g/mol. The number of benzene rings is 1. The van der Waals surface area contributed by atoms with Crippen LogP contribution < -0.4 is 9.46 Å². The minimum Gasteiger partial charge on any atom is -0.486 e. The Bertz CT molecular complexity index is 786. The van der Waals surface area contributed by atoms with Gasteiger partial charge in [-0.3, -0.25) is 4.72 Å². The second-order valence-electron chi connectivity index (χ2n) is 5.41. The van der Waals surface area contributed by atoms with E-state index in [9.17, 15) is 21.6 Å². The van der Waals surface area contributed by atoms with Crippen molar-refractivity contribution in [1.82, 2.24) is 9.55 Å². The van der Waals surface area contributed by atoms with Crippen LogP contribution in [0.15, 0.2) is 36.7 Å². The first-order valence-electron chi connectivity index (χ1n) is 7.41. The number of alkyl halides is 3. The lowest BCUT2D eigenvalue weighted by Gasteiger charge is -2.10. The summed E-state index contributed by atoms with van der Waals surface area (Å²) in [6, 6.07) is 6.09. The standard InChI is InChI=1S/C15H18F3N3O3S/c1-21-9-8-19-14(21)11-24-13-5-3-12(4-6-13)20-25(22,23)10-2-7-15(16,17)18/h3-6,8-9,20H,2,7,10-11H2,1H3. The van der Waals surface area contributed by atoms with Crippen molar-refractivity contribution in [2.45, 2.75) is 25.6 Å². The van der Waals surface area contributed by atoms with Crippen LogP contribution in [0.2, 0.25) is 0 Å². The monoisotopic (exact) mass is 377 g/mol. The molecule has 1 aromatic carbocycles. The summed E-state index contributed by atoms with van der Waals surface area (Å²) in [5, 5.41) is 0. The number of ether oxygens (including phenoxy) is 1. The largest absolute Gasteiger partial charge is 0.486 e. The van der Waals surface area contributed by atoms with Crippen LogP contribution in [-0.2, 0) is 23.7 Å². The van der Waals surface area contributed by atoms with Crippen LogP contribution in [-0.4, -0.2) is 29.9 Å². The fraction of sp³-hybridized carbons (Fsp3) is 0.400. The number of nitrogens with one attached hydrogen (secondary N) is 1. The second kappa shape index (κ2) is 7.77. The molecule has 0 radical (unpaired) electrons. The van der Waals surface area contributed by atoms with Gasteiger partial charge in [-0.1, -0.05) is 0 Å². The van der Waals surface area contributed by atoms with Gasteiger partial charge in [0.1, 0.15) is 18.2 Å². The highest BCUT2D eigenvalue weighted by Gasteiger charge is 2.27. The molecule has 0 unspecified atom stereocenters. The number of aryl methyl sites for hydroxylation is 1. The number of sulfonamides is 1. The fourth-order valence-corrected chi connectivity index (χ4v) is 3.12. The number of hydrogen-bond donors (Lipinski definition) is 1. The van der Waals surface area contributed by atoms with E-state index in [1.165, 1.54) is 12.1 Å². The first kappa shape index (κ1) is 19.1. The topological polar surface area (TPSA) is 73.2 Å². The Morgan fingerprint density at radius 3 is 2.48 bits per heavy atom. The lowest BCUT2D eigenvalue weighted by atomic mass is 10.3. The molecule has 0 bridgehead atoms. The van der Waals surface area contributed by atoms with Crippen molar-refractivity contribution in [3.05, 3.63) is 42.5 Å². The highest BCUT2D eigenvalue weighted by atomic mass is 32.2. The number of hydrogen-bond acceptors (Lipinski definition) is 4. The highest BCUT2D eigenvalue weighted by molar-refractivity contribution is 7.92. The quantitative estimate of drug-likeness (QED) is 0.767. The summed E-state index contributed by atoms with van der Waals surface area (Å²) in [5.74, 6) is 0.654. The molecule has 0 aliphatic carbocycles. The molecule has 1 heterocycles. The Labute approximate surface area is 143 Å². The molecular weight excluding hydrogens is 359 g/mol. The number of nitrogens with zero attached hydrogens (tertiary/aromatic N) is 2. The smallest absolute Gasteiger partial charge is 0.389 e. The molecule has 25 heavy (non-hydrogen) atoms. The van der Waals surface area contributed by atoms with E-state index in [2.05, 4.69) is 9.71 Å². The number of anilines is 1. The molecule has 1 aromatic heterocycles. The molecule has 6 nitrogen and oxygen atoms in total. The van der Waals surface area contributed by atoms with Gasteiger partial charge in [0, 0.05) is 31.5 Å². The third-order valence-corrected chi connectivity index (χ3v) is 4.66. The Balaban J connectivity index is 1.85. The molecule has 138 valence electrons. The number of rotatable bonds is 8. The van der Waals surface area contributed by atoms with Crippen molar-refractivity contribution in [1.29, 1.82) is 0 Å². The molecule has 10 heteroatoms. The molecular formula is C15H18F3N3O3S. The maximum Gasteiger partial charge on any atom is 0.389 e. The van der Waals surface area contributed by atoms with Gasteiger partial charge >= 0.3 is 6.18 Å². The van der Waals surface area contributed by atoms with E-state index in [-0.39, 0.29) is 12.3 Å². The summed E-state index contributed by atoms with van der Waals surface area (Å²) in [7, 11) is -1.99. The van der Waals surface area contributed by atoms with Gasteiger partial charge < -0.3 is 9.30 Å². The summed E-state index contributed by atoms with van der Waals surface area (Å²) in [6.45, 7) is 0.256. The predicted molar refractivity (Wildman–Crippen MR) is 86.7 cm³/mol. The minimum atomic E-state index is -4.36. The Morgan fingerprint density at radius 1 is 1.24 bits per heavy atom. The van der Waals surface area contributed by atoms with Crippen LogP contribution >= 0.6 is 0 Å². The van der Waals surface area contributed by atoms with Crippen LogP contribution in [0.4, 0.5) is 18.9 Å². The Kier molecular flexibility index (Phi) is 5.93. The van der Waals surface area contributed by atoms with E-state index in [1.54, 1.807) is 24.5 Å². The van der Waals surface area contributed by atoms with Gasteiger partial charge in [-0.2, -0.15) is 13.2 Å². The summed E-state index contributed by atoms with van der Waals surface area (Å²) < 4.78 is 69.3. The van der Waals surface area contributed by atoms with Gasteiger partial charge in [0.2, 0.25) is 10.0 Å². The van der Waals surface area contributed by atoms with Crippen LogP contribution in [0.1, 0.15) is 18.7 Å². The average Bonchev–Trinajstić information content (AvgIpc) is 2.90. The maximum absolute atomic E-state index is 12.1. The molecule has 0 amide bonds. The van der Waals surface area contributed by atoms with E-state index in [1.807, 2.05) is 11.6 Å². The summed E-state index contributed by atoms with van der Waals surface area (Å²) >= 11 is 0. The lowest BCUT2D eigenvalue weighted by Crippen LogP contribution is -2.18. The number of halogens is 3. The molecule has 2 aromatic rings. The van der Waals surface area contributed by atoms with Crippen LogP contribution in [0, 0.1) is 0 Å². The molecule has 0 saturated heterocycles. The van der Waals surface area contributed by atoms with E-state index in [0.29, 0.717) is 5.75 Å². The van der Waals surface area contributed by atoms with E-state index in [4.69, 9.17) is 4.74 Å². The molecule has 0 aliphatic rings. The molecule has 0 saturated carbocycles. The van der Waals surface area contributed by atoms with E-state index in [0.717, 1.165) is 5.82 Å². The molecule has 1 N–H and O–H groups in total. The van der Waals surface area contributed by atoms with Crippen molar-refractivity contribution in [3.8, 4) is 5.75 Å². The number of imidazole rings is 1. The summed E-state index contributed by atoms with van der Waals surface area (Å²) in [6.07, 6.45) is -2.54. The zero-order valence-corrected chi connectivity index (χ0v) is 14.3. The van der Waals surface area contributed by atoms with Crippen LogP contribution in [0.25, 0.3) is 0 Å². The third kappa shape index (κ3) is 6.65. The first-order valence-corrected chi connectivity index (χ1v) is 9.06. The number of aromatic nitrogens is 2. The van der Waals surface area contributed by atoms with Crippen molar-refractivity contribution >= 4 is 15.7 Å². The van der Waals surface area contributed by atoms with Gasteiger partial charge in [-0.05, 0) is 30.7 Å². The zero-order valence-electron chi connectivity index (χ0n) is 13.5. The first-order chi connectivity index (χ1) is 11.6. The molecule has 0 fully saturated rings. The van der Waals surface area contributed by atoms with Gasteiger partial charge in [-0.15, -0.1) is 0 Å². The van der Waals surface area contributed by atoms with Gasteiger partial charge in [0.05, 0.1) is 5.75 Å². The maximum atomic E-state index is 12.1. The summed E-state index contributed by atoms with van der Waals surface area (Å²) in [5.41, 5.74) is 0.261. The molecule has 2 rings (SSSR count). The van der Waals surface area contributed by atoms with Gasteiger partial charge in [-0.25, -0.2) is 13.4 Å². The fourth-order valence-electron chi connectivity index (χ4n) is 2.00. The second-order valence-corrected chi connectivity index (χ2v) is 7.25. The Morgan fingerprint density at radius 2 is 1.92 bits per heavy atom. The SMILES string of the molecule is Cn1ccnc1COc1ccc(NS(=O)(=O)CCCC(F)(F)F)cc1. The van der Waals surface area contributed by atoms with Crippen LogP contribution in [0.3, 0.4) is 0 Å². The van der Waals surface area contributed by atoms with E-state index < -0.39 is 34.8 Å². The van der Waals surface area contributed by atoms with Crippen molar-refractivity contribution in [3.63, 3.8) is 0 Å². The predicted octanol–water partition coefficient (Wildman–Crippen LogP) is 3.08. The van der Waals surface area contributed by atoms with Gasteiger partial charge in [0.25, 0.3) is 0 Å². The normalized spacial score (nSPS) is 12.2. The summed E-state index contributed by atoms with van der Waals surface area (Å²) in [4.78, 5) is 4.11. The third-order valence-electron chi connectivity index (χ3n) is 3.29. The van der Waals surface area contributed by atoms with Crippen LogP contribution in [0.5, 0.6) is 5.75 Å². The lowest BCUT2D eigenvalue weighted by molar-refractivity contribution is -0.134. The molecule has 0 atom stereocenters. The van der Waals surface area contributed by atoms with Gasteiger partial charge in [0.15, 0.2) is 0 Å². The highest BCUT2D eigenvalue weighted by Crippen LogP contribution is 2.22. The minimum absolute atomic E-state index is 0.256. The molecule has 0 spiro atoms. The van der Waals surface area contributed by atoms with Crippen molar-refractivity contribution < 1.29 is 26.3 Å². The molecule has 0 aliphatic heterocycles.